The maximum absolute atomic E-state index is 10.5. The second-order valence-electron chi connectivity index (χ2n) is 8.84. The number of hydrogen-bond donors (Lipinski definition) is 1. The van der Waals surface area contributed by atoms with Gasteiger partial charge < -0.3 is 5.11 Å². The predicted octanol–water partition coefficient (Wildman–Crippen LogP) is 5.11. The van der Waals surface area contributed by atoms with Gasteiger partial charge in [0.2, 0.25) is 0 Å². The molecule has 0 saturated heterocycles. The van der Waals surface area contributed by atoms with Crippen molar-refractivity contribution >= 4 is 0 Å². The molecule has 0 aromatic rings. The molecule has 0 spiro atoms. The Bertz CT molecular complexity index is 482. The van der Waals surface area contributed by atoms with Gasteiger partial charge in [-0.1, -0.05) is 52.3 Å². The fourth-order valence-electron chi connectivity index (χ4n) is 5.55. The quantitative estimate of drug-likeness (QED) is 0.710. The molecule has 118 valence electrons. The molecule has 0 radical (unpaired) electrons. The highest BCUT2D eigenvalue weighted by atomic mass is 16.3. The highest BCUT2D eigenvalue weighted by molar-refractivity contribution is 5.35. The Morgan fingerprint density at radius 1 is 1.19 bits per heavy atom. The summed E-state index contributed by atoms with van der Waals surface area (Å²) in [7, 11) is 0. The average Bonchev–Trinajstić information content (AvgIpc) is 2.43. The van der Waals surface area contributed by atoms with Crippen LogP contribution in [0.15, 0.2) is 23.3 Å². The maximum atomic E-state index is 10.5. The zero-order chi connectivity index (χ0) is 15.4. The van der Waals surface area contributed by atoms with Crippen LogP contribution in [0.5, 0.6) is 0 Å². The summed E-state index contributed by atoms with van der Waals surface area (Å²) in [6.07, 6.45) is 10.8. The summed E-state index contributed by atoms with van der Waals surface area (Å²) < 4.78 is 0. The first kappa shape index (κ1) is 15.3. The number of hydrogen-bond acceptors (Lipinski definition) is 1. The van der Waals surface area contributed by atoms with Crippen LogP contribution in [0.1, 0.15) is 66.7 Å². The van der Waals surface area contributed by atoms with Crippen LogP contribution in [0.25, 0.3) is 0 Å². The van der Waals surface area contributed by atoms with E-state index in [1.807, 2.05) is 0 Å². The highest BCUT2D eigenvalue weighted by Gasteiger charge is 2.55. The number of allylic oxidation sites excluding steroid dienone is 4. The van der Waals surface area contributed by atoms with Crippen molar-refractivity contribution in [3.63, 3.8) is 0 Å². The molecule has 0 bridgehead atoms. The minimum absolute atomic E-state index is 0.0526. The second kappa shape index (κ2) is 4.98. The molecule has 1 nitrogen and oxygen atoms in total. The minimum atomic E-state index is -0.129. The molecule has 3 rings (SSSR count). The van der Waals surface area contributed by atoms with E-state index in [1.54, 1.807) is 11.1 Å². The molecule has 0 aromatic carbocycles. The van der Waals surface area contributed by atoms with Crippen molar-refractivity contribution in [3.05, 3.63) is 23.3 Å². The fourth-order valence-corrected chi connectivity index (χ4v) is 5.55. The normalized spacial score (nSPS) is 42.0. The van der Waals surface area contributed by atoms with Gasteiger partial charge in [0.1, 0.15) is 0 Å². The molecule has 1 fully saturated rings. The van der Waals surface area contributed by atoms with Crippen molar-refractivity contribution in [2.24, 2.45) is 28.6 Å². The van der Waals surface area contributed by atoms with Gasteiger partial charge >= 0.3 is 0 Å². The Balaban J connectivity index is 1.98. The predicted molar refractivity (Wildman–Crippen MR) is 89.0 cm³/mol. The zero-order valence-corrected chi connectivity index (χ0v) is 14.4. The van der Waals surface area contributed by atoms with Gasteiger partial charge in [-0.25, -0.2) is 0 Å². The van der Waals surface area contributed by atoms with Gasteiger partial charge in [0.05, 0.1) is 6.10 Å². The van der Waals surface area contributed by atoms with Crippen LogP contribution in [0.3, 0.4) is 0 Å². The molecule has 21 heavy (non-hydrogen) atoms. The third kappa shape index (κ3) is 2.23. The molecule has 3 aliphatic carbocycles. The molecule has 1 unspecified atom stereocenters. The summed E-state index contributed by atoms with van der Waals surface area (Å²) in [6, 6.07) is 0. The van der Waals surface area contributed by atoms with Gasteiger partial charge in [-0.15, -0.1) is 0 Å². The van der Waals surface area contributed by atoms with Crippen LogP contribution >= 0.6 is 0 Å². The van der Waals surface area contributed by atoms with E-state index in [0.29, 0.717) is 23.2 Å². The first-order valence-corrected chi connectivity index (χ1v) is 8.85. The molecule has 0 aromatic heterocycles. The lowest BCUT2D eigenvalue weighted by Gasteiger charge is -2.59. The van der Waals surface area contributed by atoms with E-state index in [4.69, 9.17) is 0 Å². The SMILES string of the molecule is CC(C)C1=CC2=CC[C@H]3C(C)(C)C(O)CC[C@]3(C)[C@H]2CC1. The van der Waals surface area contributed by atoms with Crippen molar-refractivity contribution in [3.8, 4) is 0 Å². The first-order valence-electron chi connectivity index (χ1n) is 8.85. The lowest BCUT2D eigenvalue weighted by Crippen LogP contribution is -2.54. The van der Waals surface area contributed by atoms with Crippen LogP contribution < -0.4 is 0 Å². The van der Waals surface area contributed by atoms with Gasteiger partial charge in [-0.2, -0.15) is 0 Å². The monoisotopic (exact) mass is 288 g/mol. The van der Waals surface area contributed by atoms with E-state index >= 15 is 0 Å². The number of fused-ring (bicyclic) bond motifs is 3. The smallest absolute Gasteiger partial charge is 0.0594 e. The van der Waals surface area contributed by atoms with Crippen LogP contribution in [0.4, 0.5) is 0 Å². The number of rotatable bonds is 1. The van der Waals surface area contributed by atoms with E-state index in [2.05, 4.69) is 46.8 Å². The van der Waals surface area contributed by atoms with E-state index in [0.717, 1.165) is 12.8 Å². The molecule has 0 heterocycles. The van der Waals surface area contributed by atoms with Crippen molar-refractivity contribution in [2.75, 3.05) is 0 Å². The first-order chi connectivity index (χ1) is 9.76. The molecule has 3 aliphatic rings. The molecule has 0 aliphatic heterocycles. The van der Waals surface area contributed by atoms with Crippen molar-refractivity contribution < 1.29 is 5.11 Å². The van der Waals surface area contributed by atoms with Gasteiger partial charge in [-0.3, -0.25) is 0 Å². The summed E-state index contributed by atoms with van der Waals surface area (Å²) >= 11 is 0. The Labute approximate surface area is 130 Å². The summed E-state index contributed by atoms with van der Waals surface area (Å²) in [6.45, 7) is 11.7. The molecular formula is C20H32O. The Kier molecular flexibility index (Phi) is 3.64. The fraction of sp³-hybridized carbons (Fsp3) is 0.800. The van der Waals surface area contributed by atoms with Crippen LogP contribution in [-0.4, -0.2) is 11.2 Å². The van der Waals surface area contributed by atoms with Gasteiger partial charge in [0.25, 0.3) is 0 Å². The van der Waals surface area contributed by atoms with E-state index in [-0.39, 0.29) is 11.5 Å². The van der Waals surface area contributed by atoms with Crippen molar-refractivity contribution in [2.45, 2.75) is 72.8 Å². The maximum Gasteiger partial charge on any atom is 0.0594 e. The van der Waals surface area contributed by atoms with E-state index in [9.17, 15) is 5.11 Å². The topological polar surface area (TPSA) is 20.2 Å². The minimum Gasteiger partial charge on any atom is -0.393 e. The Morgan fingerprint density at radius 3 is 2.57 bits per heavy atom. The third-order valence-corrected chi connectivity index (χ3v) is 7.11. The van der Waals surface area contributed by atoms with Crippen LogP contribution in [0, 0.1) is 28.6 Å². The molecule has 1 saturated carbocycles. The summed E-state index contributed by atoms with van der Waals surface area (Å²) in [5.74, 6) is 2.02. The van der Waals surface area contributed by atoms with Crippen LogP contribution in [-0.2, 0) is 0 Å². The van der Waals surface area contributed by atoms with E-state index in [1.165, 1.54) is 19.3 Å². The second-order valence-corrected chi connectivity index (χ2v) is 8.84. The van der Waals surface area contributed by atoms with Crippen molar-refractivity contribution in [1.82, 2.24) is 0 Å². The van der Waals surface area contributed by atoms with E-state index < -0.39 is 0 Å². The Hall–Kier alpha value is -0.560. The van der Waals surface area contributed by atoms with Crippen molar-refractivity contribution in [1.29, 1.82) is 0 Å². The lowest BCUT2D eigenvalue weighted by molar-refractivity contribution is -0.115. The van der Waals surface area contributed by atoms with Crippen LogP contribution in [0.2, 0.25) is 0 Å². The molecular weight excluding hydrogens is 256 g/mol. The zero-order valence-electron chi connectivity index (χ0n) is 14.4. The lowest BCUT2D eigenvalue weighted by atomic mass is 9.46. The number of aliphatic hydroxyl groups is 1. The largest absolute Gasteiger partial charge is 0.393 e. The summed E-state index contributed by atoms with van der Waals surface area (Å²) in [5, 5.41) is 10.5. The number of aliphatic hydroxyl groups excluding tert-OH is 1. The summed E-state index contributed by atoms with van der Waals surface area (Å²) in [5.41, 5.74) is 3.67. The molecule has 1 N–H and O–H groups in total. The molecule has 0 amide bonds. The third-order valence-electron chi connectivity index (χ3n) is 7.11. The standard InChI is InChI=1S/C20H32O/c1-13(2)14-6-8-16-15(12-14)7-9-17-19(3,4)18(21)10-11-20(16,17)5/h7,12-13,16-18,21H,6,8-11H2,1-5H3/t16-,17-,18?,20+/m0/s1. The molecule has 4 atom stereocenters. The average molecular weight is 288 g/mol. The molecule has 1 heteroatoms. The van der Waals surface area contributed by atoms with Gasteiger partial charge in [0, 0.05) is 0 Å². The van der Waals surface area contributed by atoms with Gasteiger partial charge in [0.15, 0.2) is 0 Å². The van der Waals surface area contributed by atoms with Gasteiger partial charge in [-0.05, 0) is 66.3 Å². The highest BCUT2D eigenvalue weighted by Crippen LogP contribution is 2.61. The summed E-state index contributed by atoms with van der Waals surface area (Å²) in [4.78, 5) is 0. The Morgan fingerprint density at radius 2 is 1.90 bits per heavy atom.